The van der Waals surface area contributed by atoms with E-state index in [1.165, 1.54) is 6.20 Å². The van der Waals surface area contributed by atoms with Crippen molar-refractivity contribution in [1.29, 1.82) is 0 Å². The molecule has 0 saturated heterocycles. The summed E-state index contributed by atoms with van der Waals surface area (Å²) in [6.07, 6.45) is 7.58. The number of benzene rings is 1. The van der Waals surface area contributed by atoms with Crippen LogP contribution in [0, 0.1) is 12.3 Å². The van der Waals surface area contributed by atoms with Crippen LogP contribution in [0.25, 0.3) is 10.9 Å². The molecule has 1 heterocycles. The van der Waals surface area contributed by atoms with Crippen molar-refractivity contribution in [3.05, 3.63) is 24.4 Å². The number of fused-ring (bicyclic) bond motifs is 1. The Morgan fingerprint density at radius 3 is 2.80 bits per heavy atom. The van der Waals surface area contributed by atoms with Gasteiger partial charge in [0.05, 0.1) is 24.1 Å². The van der Waals surface area contributed by atoms with Gasteiger partial charge in [0.15, 0.2) is 0 Å². The minimum atomic E-state index is -3.87. The molecular weight excluding hydrogens is 298 g/mol. The smallest absolute Gasteiger partial charge is 0.263 e. The normalized spacial score (nSPS) is 11.4. The van der Waals surface area contributed by atoms with Crippen LogP contribution in [0.5, 0.6) is 5.75 Å². The van der Waals surface area contributed by atoms with Crippen LogP contribution < -0.4 is 4.74 Å². The fourth-order valence-corrected chi connectivity index (χ4v) is 3.08. The first kappa shape index (κ1) is 14.8. The van der Waals surface area contributed by atoms with Gasteiger partial charge in [0.1, 0.15) is 10.6 Å². The minimum Gasteiger partial charge on any atom is -0.493 e. The van der Waals surface area contributed by atoms with Crippen molar-refractivity contribution in [1.82, 2.24) is 4.57 Å². The van der Waals surface area contributed by atoms with Gasteiger partial charge < -0.3 is 9.30 Å². The topological polar surface area (TPSA) is 48.3 Å². The molecule has 0 saturated carbocycles. The zero-order valence-corrected chi connectivity index (χ0v) is 12.5. The molecule has 106 valence electrons. The standard InChI is InChI=1S/C14H14ClNO3S/c1-3-8-16-10-13(20(15,17)18)14-11(16)6-5-7-12(14)19-9-4-2/h1,5-7,10H,4,8-9H2,2H3. The van der Waals surface area contributed by atoms with Gasteiger partial charge in [-0.3, -0.25) is 0 Å². The Morgan fingerprint density at radius 1 is 1.45 bits per heavy atom. The molecule has 2 aromatic rings. The number of terminal acetylenes is 1. The Bertz CT molecular complexity index is 772. The van der Waals surface area contributed by atoms with Gasteiger partial charge in [-0.15, -0.1) is 6.42 Å². The molecule has 4 nitrogen and oxygen atoms in total. The second-order valence-corrected chi connectivity index (χ2v) is 6.80. The van der Waals surface area contributed by atoms with E-state index in [1.807, 2.05) is 6.92 Å². The van der Waals surface area contributed by atoms with Crippen molar-refractivity contribution in [3.8, 4) is 18.1 Å². The van der Waals surface area contributed by atoms with Crippen LogP contribution in [0.1, 0.15) is 13.3 Å². The van der Waals surface area contributed by atoms with E-state index >= 15 is 0 Å². The van der Waals surface area contributed by atoms with Gasteiger partial charge >= 0.3 is 0 Å². The highest BCUT2D eigenvalue weighted by Crippen LogP contribution is 2.35. The highest BCUT2D eigenvalue weighted by atomic mass is 35.7. The van der Waals surface area contributed by atoms with Gasteiger partial charge in [0, 0.05) is 16.9 Å². The summed E-state index contributed by atoms with van der Waals surface area (Å²) in [7, 11) is 1.64. The van der Waals surface area contributed by atoms with Gasteiger partial charge in [-0.1, -0.05) is 18.9 Å². The number of nitrogens with zero attached hydrogens (tertiary/aromatic N) is 1. The predicted molar refractivity (Wildman–Crippen MR) is 79.6 cm³/mol. The number of aromatic nitrogens is 1. The van der Waals surface area contributed by atoms with Gasteiger partial charge in [-0.2, -0.15) is 0 Å². The van der Waals surface area contributed by atoms with Crippen molar-refractivity contribution in [3.63, 3.8) is 0 Å². The Kier molecular flexibility index (Phi) is 4.26. The SMILES string of the molecule is C#CCn1cc(S(=O)(=O)Cl)c2c(OCCC)cccc21. The van der Waals surface area contributed by atoms with E-state index in [0.29, 0.717) is 23.3 Å². The highest BCUT2D eigenvalue weighted by Gasteiger charge is 2.21. The fraction of sp³-hybridized carbons (Fsp3) is 0.286. The molecule has 0 aliphatic carbocycles. The van der Waals surface area contributed by atoms with Crippen LogP contribution in [0.3, 0.4) is 0 Å². The first-order valence-electron chi connectivity index (χ1n) is 6.11. The monoisotopic (exact) mass is 311 g/mol. The summed E-state index contributed by atoms with van der Waals surface area (Å²) in [5.74, 6) is 2.99. The van der Waals surface area contributed by atoms with Crippen LogP contribution >= 0.6 is 10.7 Å². The largest absolute Gasteiger partial charge is 0.493 e. The Labute approximate surface area is 122 Å². The molecule has 0 amide bonds. The molecule has 0 bridgehead atoms. The molecule has 0 N–H and O–H groups in total. The third-order valence-electron chi connectivity index (χ3n) is 2.82. The lowest BCUT2D eigenvalue weighted by molar-refractivity contribution is 0.321. The maximum atomic E-state index is 11.7. The van der Waals surface area contributed by atoms with Crippen molar-refractivity contribution in [2.45, 2.75) is 24.8 Å². The lowest BCUT2D eigenvalue weighted by Gasteiger charge is -2.07. The number of hydrogen-bond donors (Lipinski definition) is 0. The minimum absolute atomic E-state index is 0.0242. The number of halogens is 1. The summed E-state index contributed by atoms with van der Waals surface area (Å²) in [4.78, 5) is 0.0242. The summed E-state index contributed by atoms with van der Waals surface area (Å²) in [5, 5.41) is 0.478. The molecule has 0 atom stereocenters. The Hall–Kier alpha value is -1.64. The van der Waals surface area contributed by atoms with Gasteiger partial charge in [0.25, 0.3) is 9.05 Å². The van der Waals surface area contributed by atoms with E-state index in [2.05, 4.69) is 5.92 Å². The number of ether oxygens (including phenoxy) is 1. The van der Waals surface area contributed by atoms with Crippen molar-refractivity contribution >= 4 is 30.6 Å². The third kappa shape index (κ3) is 2.77. The van der Waals surface area contributed by atoms with E-state index in [-0.39, 0.29) is 11.4 Å². The molecule has 0 spiro atoms. The van der Waals surface area contributed by atoms with Crippen LogP contribution in [0.15, 0.2) is 29.3 Å². The van der Waals surface area contributed by atoms with Crippen molar-refractivity contribution < 1.29 is 13.2 Å². The van der Waals surface area contributed by atoms with Gasteiger partial charge in [0.2, 0.25) is 0 Å². The highest BCUT2D eigenvalue weighted by molar-refractivity contribution is 8.14. The van der Waals surface area contributed by atoms with Crippen LogP contribution in [-0.2, 0) is 15.6 Å². The molecule has 20 heavy (non-hydrogen) atoms. The lowest BCUT2D eigenvalue weighted by atomic mass is 10.2. The fourth-order valence-electron chi connectivity index (χ4n) is 2.03. The third-order valence-corrected chi connectivity index (χ3v) is 4.15. The molecule has 1 aromatic heterocycles. The molecule has 6 heteroatoms. The second kappa shape index (κ2) is 5.78. The number of rotatable bonds is 5. The molecular formula is C14H14ClNO3S. The quantitative estimate of drug-likeness (QED) is 0.630. The first-order chi connectivity index (χ1) is 9.49. The van der Waals surface area contributed by atoms with Crippen LogP contribution in [0.2, 0.25) is 0 Å². The van der Waals surface area contributed by atoms with Gasteiger partial charge in [-0.25, -0.2) is 8.42 Å². The van der Waals surface area contributed by atoms with E-state index in [9.17, 15) is 8.42 Å². The molecule has 0 aliphatic rings. The van der Waals surface area contributed by atoms with E-state index in [0.717, 1.165) is 6.42 Å². The van der Waals surface area contributed by atoms with Gasteiger partial charge in [-0.05, 0) is 18.6 Å². The maximum Gasteiger partial charge on any atom is 0.263 e. The maximum absolute atomic E-state index is 11.7. The molecule has 0 radical (unpaired) electrons. The Balaban J connectivity index is 2.74. The summed E-state index contributed by atoms with van der Waals surface area (Å²) in [5.41, 5.74) is 0.691. The molecule has 0 unspecified atom stereocenters. The molecule has 1 aromatic carbocycles. The average molecular weight is 312 g/mol. The van der Waals surface area contributed by atoms with Crippen LogP contribution in [0.4, 0.5) is 0 Å². The average Bonchev–Trinajstić information content (AvgIpc) is 2.76. The number of hydrogen-bond acceptors (Lipinski definition) is 3. The van der Waals surface area contributed by atoms with E-state index < -0.39 is 9.05 Å². The first-order valence-corrected chi connectivity index (χ1v) is 8.42. The lowest BCUT2D eigenvalue weighted by Crippen LogP contribution is -1.97. The Morgan fingerprint density at radius 2 is 2.20 bits per heavy atom. The zero-order chi connectivity index (χ0) is 14.8. The summed E-state index contributed by atoms with van der Waals surface area (Å²) in [6.45, 7) is 2.74. The predicted octanol–water partition coefficient (Wildman–Crippen LogP) is 2.99. The van der Waals surface area contributed by atoms with Crippen molar-refractivity contribution in [2.75, 3.05) is 6.61 Å². The molecule has 2 rings (SSSR count). The van der Waals surface area contributed by atoms with Crippen LogP contribution in [-0.4, -0.2) is 19.6 Å². The summed E-state index contributed by atoms with van der Waals surface area (Å²) >= 11 is 0. The van der Waals surface area contributed by atoms with Crippen molar-refractivity contribution in [2.24, 2.45) is 0 Å². The van der Waals surface area contributed by atoms with E-state index in [1.54, 1.807) is 22.8 Å². The zero-order valence-electron chi connectivity index (χ0n) is 11.0. The molecule has 0 aliphatic heterocycles. The summed E-state index contributed by atoms with van der Waals surface area (Å²) in [6, 6.07) is 5.31. The summed E-state index contributed by atoms with van der Waals surface area (Å²) < 4.78 is 30.7. The molecule has 0 fully saturated rings. The van der Waals surface area contributed by atoms with E-state index in [4.69, 9.17) is 21.8 Å². The second-order valence-electron chi connectivity index (χ2n) is 4.26.